The lowest BCUT2D eigenvalue weighted by Gasteiger charge is -2.39. The number of ether oxygens (including phenoxy) is 1. The fraction of sp³-hybridized carbons (Fsp3) is 0.484. The summed E-state index contributed by atoms with van der Waals surface area (Å²) < 4.78 is 67.7. The number of nitrogen functional groups attached to an aromatic ring is 1. The van der Waals surface area contributed by atoms with Gasteiger partial charge < -0.3 is 40.7 Å². The van der Waals surface area contributed by atoms with Gasteiger partial charge in [0.05, 0.1) is 69.3 Å². The average molecular weight is 1300 g/mol. The summed E-state index contributed by atoms with van der Waals surface area (Å²) in [5, 5.41) is 16.3. The van der Waals surface area contributed by atoms with Gasteiger partial charge in [-0.3, -0.25) is 42.9 Å². The van der Waals surface area contributed by atoms with Crippen LogP contribution in [0, 0.1) is 23.5 Å². The number of piperidine rings is 4. The van der Waals surface area contributed by atoms with Gasteiger partial charge in [0.15, 0.2) is 5.82 Å². The lowest BCUT2D eigenvalue weighted by atomic mass is 9.88. The van der Waals surface area contributed by atoms with E-state index in [1.807, 2.05) is 21.9 Å². The van der Waals surface area contributed by atoms with Gasteiger partial charge in [0, 0.05) is 112 Å². The van der Waals surface area contributed by atoms with Crippen molar-refractivity contribution in [3.63, 3.8) is 0 Å². The molecule has 24 nitrogen and oxygen atoms in total. The minimum absolute atomic E-state index is 0.00169. The van der Waals surface area contributed by atoms with Crippen molar-refractivity contribution < 1.29 is 50.7 Å². The van der Waals surface area contributed by atoms with E-state index >= 15 is 8.78 Å². The van der Waals surface area contributed by atoms with E-state index in [9.17, 15) is 37.2 Å². The minimum Gasteiger partial charge on any atom is -0.468 e. The zero-order chi connectivity index (χ0) is 64.8. The smallest absolute Gasteiger partial charge is 0.325 e. The Labute approximate surface area is 535 Å². The van der Waals surface area contributed by atoms with Crippen LogP contribution in [0.15, 0.2) is 67.0 Å². The Kier molecular flexibility index (Phi) is 20.2. The van der Waals surface area contributed by atoms with Crippen LogP contribution >= 0.6 is 11.3 Å². The maximum absolute atomic E-state index is 16.2. The first-order valence-corrected chi connectivity index (χ1v) is 34.0. The number of carbonyl (C=O) groups excluding carboxylic acids is 6. The zero-order valence-electron chi connectivity index (χ0n) is 51.9. The van der Waals surface area contributed by atoms with Crippen molar-refractivity contribution in [2.24, 2.45) is 18.9 Å². The van der Waals surface area contributed by atoms with Gasteiger partial charge >= 0.3 is 5.97 Å². The normalized spacial score (nSPS) is 16.7. The lowest BCUT2D eigenvalue weighted by Crippen LogP contribution is -2.47. The molecule has 8 heterocycles. The van der Waals surface area contributed by atoms with Crippen LogP contribution in [0.2, 0.25) is 0 Å². The highest BCUT2D eigenvalue weighted by Crippen LogP contribution is 2.44. The van der Waals surface area contributed by atoms with Crippen LogP contribution in [0.5, 0.6) is 0 Å². The number of esters is 1. The number of likely N-dealkylation sites (tertiary alicyclic amines) is 4. The summed E-state index contributed by atoms with van der Waals surface area (Å²) in [5.41, 5.74) is 9.65. The molecule has 0 spiro atoms. The van der Waals surface area contributed by atoms with Crippen LogP contribution in [0.1, 0.15) is 100 Å². The second-order valence-electron chi connectivity index (χ2n) is 24.3. The number of aryl methyl sites for hydroxylation is 1. The Morgan fingerprint density at radius 1 is 0.750 bits per heavy atom. The summed E-state index contributed by atoms with van der Waals surface area (Å²) in [4.78, 5) is 101. The van der Waals surface area contributed by atoms with Crippen molar-refractivity contribution in [1.29, 1.82) is 0 Å². The second-order valence-corrected chi connectivity index (χ2v) is 27.2. The molecule has 4 aliphatic rings. The number of nitrogens with zero attached hydrogens (tertiary/aromatic N) is 11. The van der Waals surface area contributed by atoms with E-state index in [4.69, 9.17) is 15.8 Å². The molecule has 4 saturated heterocycles. The van der Waals surface area contributed by atoms with Crippen LogP contribution in [-0.2, 0) is 57.1 Å². The SMILES string of the molecule is CCCS(=O)(=O)Nc1cccc(-c2nc(C3CCN(C(=O)C4CCN(CC5CCN(C(=O)CCC(=O)N6CCC(c7nn(CC(=O)NCC(=O)NCC(=O)OC)c8cccc(-c9cc%10c(cnn%10C)cc9F)c78)CC6)CC5)CC4)CC3)sc2-c2ccnc(N)n2)c1F. The first kappa shape index (κ1) is 65.0. The largest absolute Gasteiger partial charge is 0.468 e. The molecule has 0 aliphatic carbocycles. The molecule has 0 saturated carbocycles. The van der Waals surface area contributed by atoms with Crippen molar-refractivity contribution in [2.45, 2.75) is 95.9 Å². The van der Waals surface area contributed by atoms with E-state index in [2.05, 4.69) is 40.1 Å². The van der Waals surface area contributed by atoms with Crippen molar-refractivity contribution in [3.8, 4) is 33.0 Å². The van der Waals surface area contributed by atoms with E-state index in [-0.39, 0.29) is 90.9 Å². The molecule has 0 unspecified atom stereocenters. The summed E-state index contributed by atoms with van der Waals surface area (Å²) in [6.45, 7) is 6.49. The van der Waals surface area contributed by atoms with Crippen molar-refractivity contribution in [3.05, 3.63) is 89.3 Å². The van der Waals surface area contributed by atoms with Gasteiger partial charge in [-0.25, -0.2) is 32.2 Å². The number of nitrogens with two attached hydrogens (primary N) is 1. The number of sulfonamides is 1. The Morgan fingerprint density at radius 3 is 2.11 bits per heavy atom. The van der Waals surface area contributed by atoms with E-state index in [0.717, 1.165) is 55.8 Å². The maximum atomic E-state index is 16.2. The van der Waals surface area contributed by atoms with Gasteiger partial charge in [0.2, 0.25) is 45.5 Å². The number of aromatic nitrogens is 7. The molecule has 488 valence electrons. The van der Waals surface area contributed by atoms with Crippen LogP contribution < -0.4 is 21.1 Å². The van der Waals surface area contributed by atoms with Gasteiger partial charge in [-0.2, -0.15) is 10.2 Å². The number of nitrogens with one attached hydrogen (secondary N) is 3. The average Bonchev–Trinajstić information content (AvgIpc) is 1.61. The van der Waals surface area contributed by atoms with Gasteiger partial charge in [0.1, 0.15) is 18.9 Å². The summed E-state index contributed by atoms with van der Waals surface area (Å²) in [6.07, 6.45) is 9.38. The Morgan fingerprint density at radius 2 is 1.41 bits per heavy atom. The third kappa shape index (κ3) is 14.9. The molecule has 3 aromatic carbocycles. The number of halogens is 2. The number of thiazole rings is 1. The number of methoxy groups -OCH3 is 1. The number of hydrogen-bond acceptors (Lipinski definition) is 17. The Bertz CT molecular complexity index is 4010. The summed E-state index contributed by atoms with van der Waals surface area (Å²) in [6, 6.07) is 14.8. The number of anilines is 2. The van der Waals surface area contributed by atoms with E-state index in [1.54, 1.807) is 64.8 Å². The van der Waals surface area contributed by atoms with Crippen molar-refractivity contribution in [2.75, 3.05) is 95.3 Å². The summed E-state index contributed by atoms with van der Waals surface area (Å²) in [7, 11) is -0.780. The third-order valence-electron chi connectivity index (χ3n) is 18.2. The molecule has 4 aliphatic heterocycles. The molecule has 4 aromatic heterocycles. The highest BCUT2D eigenvalue weighted by Gasteiger charge is 2.36. The second kappa shape index (κ2) is 28.6. The van der Waals surface area contributed by atoms with Gasteiger partial charge in [-0.1, -0.05) is 25.1 Å². The van der Waals surface area contributed by atoms with Crippen LogP contribution in [0.25, 0.3) is 54.8 Å². The quantitative estimate of drug-likeness (QED) is 0.0564. The Balaban J connectivity index is 0.633. The monoisotopic (exact) mass is 1300 g/mol. The van der Waals surface area contributed by atoms with Gasteiger partial charge in [-0.15, -0.1) is 11.3 Å². The predicted octanol–water partition coefficient (Wildman–Crippen LogP) is 6.43. The first-order chi connectivity index (χ1) is 44.3. The van der Waals surface area contributed by atoms with E-state index < -0.39 is 39.4 Å². The fourth-order valence-corrected chi connectivity index (χ4v) is 15.6. The number of fused-ring (bicyclic) bond motifs is 2. The molecular formula is C64H77F2N15O9S2. The summed E-state index contributed by atoms with van der Waals surface area (Å²) >= 11 is 1.39. The van der Waals surface area contributed by atoms with E-state index in [0.29, 0.717) is 127 Å². The lowest BCUT2D eigenvalue weighted by molar-refractivity contribution is -0.141. The van der Waals surface area contributed by atoms with Crippen molar-refractivity contribution >= 4 is 90.3 Å². The number of rotatable bonds is 21. The molecule has 0 radical (unpaired) electrons. The van der Waals surface area contributed by atoms with Crippen LogP contribution in [-0.4, -0.2) is 183 Å². The predicted molar refractivity (Wildman–Crippen MR) is 343 cm³/mol. The minimum atomic E-state index is -3.77. The standard InChI is InChI=1S/C64H77F2N15O9S2/c1-4-31-92(88,89)75-48-9-5-8-45(58(48)66)60-61(49-13-22-68-64(67)72-49)91-62(73-60)41-20-29-80(30-21-41)63(87)42-16-23-77(24-17-42)37-39-14-25-78(26-15-39)54(84)11-12-55(85)79-27-18-40(19-28-79)59-57-44(46-33-51-43(32-47(46)65)34-71-76(51)2)7-6-10-50(57)81(74-59)38-53(83)69-35-52(82)70-36-56(86)90-3/h5-10,13,22,32-34,39-42,75H,4,11-12,14-21,23-31,35-38H2,1-3H3,(H,69,83)(H,70,82)(H2,67,68,72). The molecular weight excluding hydrogens is 1220 g/mol. The molecule has 5 N–H and O–H groups in total. The van der Waals surface area contributed by atoms with Crippen LogP contribution in [0.3, 0.4) is 0 Å². The highest BCUT2D eigenvalue weighted by molar-refractivity contribution is 7.92. The molecule has 0 bridgehead atoms. The molecule has 0 atom stereocenters. The Hall–Kier alpha value is -8.50. The number of benzene rings is 3. The molecule has 4 fully saturated rings. The fourth-order valence-electron chi connectivity index (χ4n) is 13.2. The maximum Gasteiger partial charge on any atom is 0.325 e. The third-order valence-corrected chi connectivity index (χ3v) is 21.0. The molecule has 11 rings (SSSR count). The molecule has 28 heteroatoms. The molecule has 7 aromatic rings. The number of amides is 5. The number of carbonyl (C=O) groups is 6. The first-order valence-electron chi connectivity index (χ1n) is 31.5. The van der Waals surface area contributed by atoms with Gasteiger partial charge in [-0.05, 0) is 119 Å². The topological polar surface area (TPSA) is 295 Å². The van der Waals surface area contributed by atoms with Crippen LogP contribution in [0.4, 0.5) is 20.4 Å². The zero-order valence-corrected chi connectivity index (χ0v) is 53.5. The van der Waals surface area contributed by atoms with Gasteiger partial charge in [0.25, 0.3) is 0 Å². The summed E-state index contributed by atoms with van der Waals surface area (Å²) in [5.74, 6) is -2.80. The highest BCUT2D eigenvalue weighted by atomic mass is 32.2. The molecule has 92 heavy (non-hydrogen) atoms. The van der Waals surface area contributed by atoms with E-state index in [1.165, 1.54) is 36.8 Å². The van der Waals surface area contributed by atoms with Crippen molar-refractivity contribution in [1.82, 2.24) is 64.7 Å². The molecule has 5 amide bonds. The number of hydrogen-bond donors (Lipinski definition) is 4.